The Morgan fingerprint density at radius 2 is 2.19 bits per heavy atom. The first-order chi connectivity index (χ1) is 7.51. The van der Waals surface area contributed by atoms with Crippen LogP contribution in [0, 0.1) is 12.8 Å². The third-order valence-corrected chi connectivity index (χ3v) is 4.25. The van der Waals surface area contributed by atoms with Crippen molar-refractivity contribution in [2.75, 3.05) is 0 Å². The quantitative estimate of drug-likeness (QED) is 0.643. The van der Waals surface area contributed by atoms with Crippen molar-refractivity contribution >= 4 is 15.9 Å². The van der Waals surface area contributed by atoms with Crippen molar-refractivity contribution in [1.82, 2.24) is 15.2 Å². The number of nitrogens with zero attached hydrogens (tertiary/aromatic N) is 2. The number of halogens is 1. The lowest BCUT2D eigenvalue weighted by molar-refractivity contribution is 0.363. The van der Waals surface area contributed by atoms with Crippen molar-refractivity contribution in [2.45, 2.75) is 39.7 Å². The highest BCUT2D eigenvalue weighted by Crippen LogP contribution is 2.23. The largest absolute Gasteiger partial charge is 0.271 e. The second-order valence-electron chi connectivity index (χ2n) is 4.33. The minimum absolute atomic E-state index is 0.288. The van der Waals surface area contributed by atoms with Crippen LogP contribution in [0.25, 0.3) is 0 Å². The van der Waals surface area contributed by atoms with Crippen molar-refractivity contribution in [3.63, 3.8) is 0 Å². The summed E-state index contributed by atoms with van der Waals surface area (Å²) < 4.78 is 3.02. The molecule has 0 aliphatic rings. The smallest absolute Gasteiger partial charge is 0.0738 e. The van der Waals surface area contributed by atoms with E-state index in [9.17, 15) is 0 Å². The molecule has 5 heteroatoms. The highest BCUT2D eigenvalue weighted by atomic mass is 79.9. The van der Waals surface area contributed by atoms with Gasteiger partial charge in [0.2, 0.25) is 0 Å². The number of aryl methyl sites for hydroxylation is 2. The van der Waals surface area contributed by atoms with E-state index in [1.165, 1.54) is 5.69 Å². The van der Waals surface area contributed by atoms with Crippen LogP contribution < -0.4 is 11.3 Å². The van der Waals surface area contributed by atoms with Gasteiger partial charge in [0.1, 0.15) is 0 Å². The van der Waals surface area contributed by atoms with E-state index in [0.29, 0.717) is 5.92 Å². The van der Waals surface area contributed by atoms with E-state index in [1.54, 1.807) is 0 Å². The number of rotatable bonds is 5. The van der Waals surface area contributed by atoms with Crippen LogP contribution in [-0.4, -0.2) is 15.8 Å². The maximum Gasteiger partial charge on any atom is 0.0738 e. The molecule has 1 heterocycles. The number of hydrazine groups is 1. The predicted molar refractivity (Wildman–Crippen MR) is 69.9 cm³/mol. The second kappa shape index (κ2) is 5.80. The van der Waals surface area contributed by atoms with E-state index in [4.69, 9.17) is 5.84 Å². The van der Waals surface area contributed by atoms with Crippen molar-refractivity contribution < 1.29 is 0 Å². The van der Waals surface area contributed by atoms with Gasteiger partial charge in [0, 0.05) is 19.5 Å². The predicted octanol–water partition coefficient (Wildman–Crippen LogP) is 1.91. The fourth-order valence-corrected chi connectivity index (χ4v) is 2.32. The van der Waals surface area contributed by atoms with E-state index in [-0.39, 0.29) is 6.04 Å². The average molecular weight is 289 g/mol. The van der Waals surface area contributed by atoms with Gasteiger partial charge in [-0.2, -0.15) is 5.10 Å². The molecule has 0 saturated heterocycles. The third-order valence-electron chi connectivity index (χ3n) is 3.22. The van der Waals surface area contributed by atoms with Crippen LogP contribution in [0.15, 0.2) is 4.47 Å². The molecule has 1 aromatic heterocycles. The molecule has 3 N–H and O–H groups in total. The molecule has 16 heavy (non-hydrogen) atoms. The Kier molecular flexibility index (Phi) is 4.95. The summed E-state index contributed by atoms with van der Waals surface area (Å²) in [6.07, 6.45) is 2.01. The van der Waals surface area contributed by atoms with Gasteiger partial charge in [-0.25, -0.2) is 0 Å². The van der Waals surface area contributed by atoms with Gasteiger partial charge in [-0.3, -0.25) is 16.0 Å². The summed E-state index contributed by atoms with van der Waals surface area (Å²) in [6.45, 7) is 6.39. The third kappa shape index (κ3) is 2.84. The van der Waals surface area contributed by atoms with E-state index < -0.39 is 0 Å². The van der Waals surface area contributed by atoms with E-state index in [2.05, 4.69) is 40.3 Å². The zero-order valence-corrected chi connectivity index (χ0v) is 12.0. The van der Waals surface area contributed by atoms with Crippen LogP contribution in [0.2, 0.25) is 0 Å². The lowest BCUT2D eigenvalue weighted by Gasteiger charge is -2.22. The molecule has 2 atom stereocenters. The molecule has 92 valence electrons. The standard InChI is InChI=1S/C11H21BrN4/c1-5-7(2)9(14-13)6-10-11(12)8(3)15-16(10)4/h7,9,14H,5-6,13H2,1-4H3. The number of nitrogens with two attached hydrogens (primary N) is 1. The summed E-state index contributed by atoms with van der Waals surface area (Å²) in [7, 11) is 1.97. The normalized spacial score (nSPS) is 15.1. The highest BCUT2D eigenvalue weighted by Gasteiger charge is 2.19. The summed E-state index contributed by atoms with van der Waals surface area (Å²) in [6, 6.07) is 0.288. The number of nitrogens with one attached hydrogen (secondary N) is 1. The number of aromatic nitrogens is 2. The molecule has 4 nitrogen and oxygen atoms in total. The number of hydrogen-bond donors (Lipinski definition) is 2. The molecule has 0 aliphatic heterocycles. The van der Waals surface area contributed by atoms with Crippen LogP contribution >= 0.6 is 15.9 Å². The first-order valence-corrected chi connectivity index (χ1v) is 6.44. The molecular weight excluding hydrogens is 268 g/mol. The Balaban J connectivity index is 2.85. The minimum atomic E-state index is 0.288. The first kappa shape index (κ1) is 13.7. The van der Waals surface area contributed by atoms with Gasteiger partial charge in [-0.1, -0.05) is 20.3 Å². The van der Waals surface area contributed by atoms with E-state index >= 15 is 0 Å². The minimum Gasteiger partial charge on any atom is -0.271 e. The summed E-state index contributed by atoms with van der Waals surface area (Å²) in [5, 5.41) is 4.38. The van der Waals surface area contributed by atoms with Crippen LogP contribution in [0.1, 0.15) is 31.7 Å². The molecule has 2 unspecified atom stereocenters. The Hall–Kier alpha value is -0.390. The van der Waals surface area contributed by atoms with Gasteiger partial charge >= 0.3 is 0 Å². The fourth-order valence-electron chi connectivity index (χ4n) is 1.82. The van der Waals surface area contributed by atoms with Crippen molar-refractivity contribution in [1.29, 1.82) is 0 Å². The topological polar surface area (TPSA) is 55.9 Å². The van der Waals surface area contributed by atoms with Crippen LogP contribution in [0.5, 0.6) is 0 Å². The highest BCUT2D eigenvalue weighted by molar-refractivity contribution is 9.10. The molecule has 0 saturated carbocycles. The zero-order valence-electron chi connectivity index (χ0n) is 10.4. The van der Waals surface area contributed by atoms with E-state index in [0.717, 1.165) is 23.0 Å². The molecule has 0 amide bonds. The molecule has 0 aromatic carbocycles. The summed E-state index contributed by atoms with van der Waals surface area (Å²) in [5.74, 6) is 6.16. The molecule has 0 fully saturated rings. The zero-order chi connectivity index (χ0) is 12.3. The molecular formula is C11H21BrN4. The molecule has 0 spiro atoms. The maximum absolute atomic E-state index is 5.61. The SMILES string of the molecule is CCC(C)C(Cc1c(Br)c(C)nn1C)NN. The first-order valence-electron chi connectivity index (χ1n) is 5.65. The lowest BCUT2D eigenvalue weighted by Crippen LogP contribution is -2.41. The summed E-state index contributed by atoms with van der Waals surface area (Å²) in [5.41, 5.74) is 5.12. The molecule has 0 bridgehead atoms. The Morgan fingerprint density at radius 3 is 2.56 bits per heavy atom. The Morgan fingerprint density at radius 1 is 1.56 bits per heavy atom. The Labute approximate surface area is 106 Å². The maximum atomic E-state index is 5.61. The van der Waals surface area contributed by atoms with Crippen LogP contribution in [0.3, 0.4) is 0 Å². The van der Waals surface area contributed by atoms with E-state index in [1.807, 2.05) is 18.7 Å². The monoisotopic (exact) mass is 288 g/mol. The van der Waals surface area contributed by atoms with Gasteiger partial charge < -0.3 is 0 Å². The lowest BCUT2D eigenvalue weighted by atomic mass is 9.95. The van der Waals surface area contributed by atoms with Crippen molar-refractivity contribution in [3.8, 4) is 0 Å². The Bertz CT molecular complexity index is 348. The molecule has 1 aromatic rings. The van der Waals surface area contributed by atoms with Crippen LogP contribution in [-0.2, 0) is 13.5 Å². The second-order valence-corrected chi connectivity index (χ2v) is 5.13. The molecule has 1 rings (SSSR count). The van der Waals surface area contributed by atoms with Gasteiger partial charge in [0.15, 0.2) is 0 Å². The van der Waals surface area contributed by atoms with Crippen molar-refractivity contribution in [2.24, 2.45) is 18.8 Å². The molecule has 0 aliphatic carbocycles. The summed E-state index contributed by atoms with van der Waals surface area (Å²) in [4.78, 5) is 0. The average Bonchev–Trinajstić information content (AvgIpc) is 2.50. The van der Waals surface area contributed by atoms with Crippen molar-refractivity contribution in [3.05, 3.63) is 15.9 Å². The fraction of sp³-hybridized carbons (Fsp3) is 0.727. The van der Waals surface area contributed by atoms with Gasteiger partial charge in [-0.05, 0) is 28.8 Å². The number of hydrogen-bond acceptors (Lipinski definition) is 3. The van der Waals surface area contributed by atoms with Gasteiger partial charge in [-0.15, -0.1) is 0 Å². The summed E-state index contributed by atoms with van der Waals surface area (Å²) >= 11 is 3.58. The van der Waals surface area contributed by atoms with Gasteiger partial charge in [0.05, 0.1) is 15.9 Å². The van der Waals surface area contributed by atoms with Crippen LogP contribution in [0.4, 0.5) is 0 Å². The molecule has 0 radical (unpaired) electrons. The van der Waals surface area contributed by atoms with Gasteiger partial charge in [0.25, 0.3) is 0 Å².